The monoisotopic (exact) mass is 368 g/mol. The zero-order valence-electron chi connectivity index (χ0n) is 13.1. The van der Waals surface area contributed by atoms with Crippen LogP contribution in [0, 0.1) is 0 Å². The number of aromatic nitrogens is 2. The first-order valence-electron chi connectivity index (χ1n) is 7.39. The number of carbonyl (C=O) groups excluding carboxylic acids is 1. The van der Waals surface area contributed by atoms with Crippen LogP contribution in [0.2, 0.25) is 5.02 Å². The molecule has 0 radical (unpaired) electrons. The van der Waals surface area contributed by atoms with Gasteiger partial charge in [-0.15, -0.1) is 0 Å². The number of halogens is 1. The van der Waals surface area contributed by atoms with E-state index >= 15 is 0 Å². The fraction of sp³-hybridized carbons (Fsp3) is 0.333. The van der Waals surface area contributed by atoms with Gasteiger partial charge in [-0.25, -0.2) is 13.1 Å². The average Bonchev–Trinajstić information content (AvgIpc) is 3.03. The number of piperazine rings is 1. The second-order valence-electron chi connectivity index (χ2n) is 5.61. The predicted molar refractivity (Wildman–Crippen MR) is 90.9 cm³/mol. The summed E-state index contributed by atoms with van der Waals surface area (Å²) < 4.78 is 26.0. The Morgan fingerprint density at radius 1 is 1.21 bits per heavy atom. The summed E-state index contributed by atoms with van der Waals surface area (Å²) >= 11 is 5.97. The van der Waals surface area contributed by atoms with Crippen LogP contribution >= 0.6 is 11.6 Å². The summed E-state index contributed by atoms with van der Waals surface area (Å²) in [5, 5.41) is 4.79. The van der Waals surface area contributed by atoms with Gasteiger partial charge in [-0.05, 0) is 18.2 Å². The minimum Gasteiger partial charge on any atom is -0.336 e. The molecule has 0 spiro atoms. The zero-order chi connectivity index (χ0) is 17.3. The first-order valence-corrected chi connectivity index (χ1v) is 9.62. The normalized spacial score (nSPS) is 16.3. The number of rotatable bonds is 3. The topological polar surface area (TPSA) is 75.5 Å². The minimum absolute atomic E-state index is 0.156. The molecule has 2 aromatic rings. The fourth-order valence-electron chi connectivity index (χ4n) is 2.60. The Balaban J connectivity index is 1.71. The molecule has 0 unspecified atom stereocenters. The van der Waals surface area contributed by atoms with Gasteiger partial charge in [0.1, 0.15) is 0 Å². The third-order valence-electron chi connectivity index (χ3n) is 3.90. The van der Waals surface area contributed by atoms with Crippen molar-refractivity contribution in [3.63, 3.8) is 0 Å². The Morgan fingerprint density at radius 3 is 2.54 bits per heavy atom. The molecule has 0 aliphatic carbocycles. The second-order valence-corrected chi connectivity index (χ2v) is 8.03. The predicted octanol–water partition coefficient (Wildman–Crippen LogP) is 1.24. The van der Waals surface area contributed by atoms with Crippen LogP contribution in [-0.4, -0.2) is 65.7 Å². The van der Waals surface area contributed by atoms with Crippen molar-refractivity contribution >= 4 is 27.5 Å². The molecule has 1 aliphatic heterocycles. The average molecular weight is 369 g/mol. The third kappa shape index (κ3) is 3.61. The van der Waals surface area contributed by atoms with E-state index in [0.717, 1.165) is 5.69 Å². The first-order chi connectivity index (χ1) is 11.3. The summed E-state index contributed by atoms with van der Waals surface area (Å²) in [5.74, 6) is -0.156. The van der Waals surface area contributed by atoms with E-state index in [0.29, 0.717) is 36.8 Å². The number of hydrogen-bond acceptors (Lipinski definition) is 4. The molecule has 2 heterocycles. The summed E-state index contributed by atoms with van der Waals surface area (Å²) in [5.41, 5.74) is 1.23. The molecule has 1 aromatic carbocycles. The number of benzene rings is 1. The van der Waals surface area contributed by atoms with Gasteiger partial charge in [-0.1, -0.05) is 17.7 Å². The molecule has 1 amide bonds. The molecule has 1 saturated heterocycles. The second kappa shape index (κ2) is 6.54. The molecular formula is C15H17ClN4O3S. The standard InChI is InChI=1S/C15H17ClN4O3S/c1-24(22,23)19-7-5-18(6-8-19)15(21)12-10-17-20(11-12)14-4-2-3-13(16)9-14/h2-4,9-11H,5-8H2,1H3. The van der Waals surface area contributed by atoms with E-state index in [9.17, 15) is 13.2 Å². The number of hydrogen-bond donors (Lipinski definition) is 0. The first kappa shape index (κ1) is 16.9. The highest BCUT2D eigenvalue weighted by molar-refractivity contribution is 7.88. The van der Waals surface area contributed by atoms with Gasteiger partial charge in [0.15, 0.2) is 0 Å². The van der Waals surface area contributed by atoms with Gasteiger partial charge < -0.3 is 4.90 Å². The number of sulfonamides is 1. The molecular weight excluding hydrogens is 352 g/mol. The number of nitrogens with zero attached hydrogens (tertiary/aromatic N) is 4. The van der Waals surface area contributed by atoms with Crippen molar-refractivity contribution in [3.05, 3.63) is 47.2 Å². The summed E-state index contributed by atoms with van der Waals surface area (Å²) in [6.07, 6.45) is 4.34. The Morgan fingerprint density at radius 2 is 1.92 bits per heavy atom. The highest BCUT2D eigenvalue weighted by Crippen LogP contribution is 2.16. The summed E-state index contributed by atoms with van der Waals surface area (Å²) in [6.45, 7) is 1.36. The lowest BCUT2D eigenvalue weighted by atomic mass is 10.2. The molecule has 7 nitrogen and oxygen atoms in total. The van der Waals surface area contributed by atoms with Gasteiger partial charge in [0, 0.05) is 37.4 Å². The Kier molecular flexibility index (Phi) is 4.62. The van der Waals surface area contributed by atoms with Crippen LogP contribution in [0.15, 0.2) is 36.7 Å². The lowest BCUT2D eigenvalue weighted by Gasteiger charge is -2.33. The van der Waals surface area contributed by atoms with Gasteiger partial charge in [-0.3, -0.25) is 4.79 Å². The van der Waals surface area contributed by atoms with E-state index in [4.69, 9.17) is 11.6 Å². The minimum atomic E-state index is -3.21. The quantitative estimate of drug-likeness (QED) is 0.817. The van der Waals surface area contributed by atoms with E-state index in [1.54, 1.807) is 27.9 Å². The summed E-state index contributed by atoms with van der Waals surface area (Å²) in [6, 6.07) is 7.18. The van der Waals surface area contributed by atoms with E-state index in [1.807, 2.05) is 12.1 Å². The van der Waals surface area contributed by atoms with Gasteiger partial charge in [-0.2, -0.15) is 9.40 Å². The number of carbonyl (C=O) groups is 1. The lowest BCUT2D eigenvalue weighted by molar-refractivity contribution is 0.0698. The molecule has 0 atom stereocenters. The van der Waals surface area contributed by atoms with Gasteiger partial charge in [0.2, 0.25) is 10.0 Å². The van der Waals surface area contributed by atoms with Gasteiger partial charge in [0.25, 0.3) is 5.91 Å². The fourth-order valence-corrected chi connectivity index (χ4v) is 3.61. The van der Waals surface area contributed by atoms with E-state index in [2.05, 4.69) is 5.10 Å². The lowest BCUT2D eigenvalue weighted by Crippen LogP contribution is -2.50. The van der Waals surface area contributed by atoms with Crippen LogP contribution in [0.3, 0.4) is 0 Å². The summed E-state index contributed by atoms with van der Waals surface area (Å²) in [7, 11) is -3.21. The Labute approximate surface area is 145 Å². The van der Waals surface area contributed by atoms with Gasteiger partial charge in [0.05, 0.1) is 23.7 Å². The van der Waals surface area contributed by atoms with Crippen LogP contribution in [0.25, 0.3) is 5.69 Å². The van der Waals surface area contributed by atoms with Crippen molar-refractivity contribution in [2.75, 3.05) is 32.4 Å². The molecule has 0 N–H and O–H groups in total. The van der Waals surface area contributed by atoms with Crippen molar-refractivity contribution in [2.24, 2.45) is 0 Å². The highest BCUT2D eigenvalue weighted by Gasteiger charge is 2.27. The SMILES string of the molecule is CS(=O)(=O)N1CCN(C(=O)c2cnn(-c3cccc(Cl)c3)c2)CC1. The van der Waals surface area contributed by atoms with Crippen molar-refractivity contribution < 1.29 is 13.2 Å². The Bertz CT molecular complexity index is 857. The van der Waals surface area contributed by atoms with Crippen LogP contribution < -0.4 is 0 Å². The molecule has 0 saturated carbocycles. The maximum atomic E-state index is 12.5. The molecule has 3 rings (SSSR count). The van der Waals surface area contributed by atoms with Gasteiger partial charge >= 0.3 is 0 Å². The molecule has 128 valence electrons. The third-order valence-corrected chi connectivity index (χ3v) is 5.44. The van der Waals surface area contributed by atoms with E-state index in [-0.39, 0.29) is 5.91 Å². The summed E-state index contributed by atoms with van der Waals surface area (Å²) in [4.78, 5) is 14.2. The molecule has 9 heteroatoms. The van der Waals surface area contributed by atoms with Crippen LogP contribution in [-0.2, 0) is 10.0 Å². The van der Waals surface area contributed by atoms with Crippen molar-refractivity contribution in [1.29, 1.82) is 0 Å². The smallest absolute Gasteiger partial charge is 0.257 e. The zero-order valence-corrected chi connectivity index (χ0v) is 14.7. The van der Waals surface area contributed by atoms with Crippen LogP contribution in [0.5, 0.6) is 0 Å². The van der Waals surface area contributed by atoms with Crippen molar-refractivity contribution in [1.82, 2.24) is 19.0 Å². The molecule has 1 aromatic heterocycles. The largest absolute Gasteiger partial charge is 0.336 e. The maximum absolute atomic E-state index is 12.5. The molecule has 24 heavy (non-hydrogen) atoms. The van der Waals surface area contributed by atoms with Crippen molar-refractivity contribution in [3.8, 4) is 5.69 Å². The number of amides is 1. The Hall–Kier alpha value is -1.90. The van der Waals surface area contributed by atoms with E-state index in [1.165, 1.54) is 16.8 Å². The van der Waals surface area contributed by atoms with E-state index < -0.39 is 10.0 Å². The van der Waals surface area contributed by atoms with Crippen LogP contribution in [0.4, 0.5) is 0 Å². The maximum Gasteiger partial charge on any atom is 0.257 e. The highest BCUT2D eigenvalue weighted by atomic mass is 35.5. The van der Waals surface area contributed by atoms with Crippen molar-refractivity contribution in [2.45, 2.75) is 0 Å². The molecule has 0 bridgehead atoms. The molecule has 1 fully saturated rings. The molecule has 1 aliphatic rings. The van der Waals surface area contributed by atoms with Crippen LogP contribution in [0.1, 0.15) is 10.4 Å².